The number of rotatable bonds is 7. The van der Waals surface area contributed by atoms with Crippen molar-refractivity contribution >= 4 is 29.5 Å². The molecule has 0 spiro atoms. The Morgan fingerprint density at radius 3 is 2.44 bits per heavy atom. The zero-order valence-corrected chi connectivity index (χ0v) is 18.9. The maximum absolute atomic E-state index is 12.5. The van der Waals surface area contributed by atoms with E-state index in [1.807, 2.05) is 0 Å². The Bertz CT molecular complexity index is 1040. The highest BCUT2D eigenvalue weighted by Gasteiger charge is 2.34. The SMILES string of the molecule is COC(=O)CN1CCN(CC2CN(c3ccc(C(N)=NC(=O)c4ccoc4)cc3)C(=O)O2)CC1. The molecule has 2 N–H and O–H groups in total. The molecule has 11 nitrogen and oxygen atoms in total. The van der Waals surface area contributed by atoms with Gasteiger partial charge in [-0.15, -0.1) is 0 Å². The summed E-state index contributed by atoms with van der Waals surface area (Å²) in [4.78, 5) is 45.7. The quantitative estimate of drug-likeness (QED) is 0.358. The number of carbonyl (C=O) groups is 3. The van der Waals surface area contributed by atoms with E-state index >= 15 is 0 Å². The Hall–Kier alpha value is -3.70. The lowest BCUT2D eigenvalue weighted by Crippen LogP contribution is -2.50. The van der Waals surface area contributed by atoms with Crippen molar-refractivity contribution < 1.29 is 28.3 Å². The van der Waals surface area contributed by atoms with E-state index < -0.39 is 12.0 Å². The number of aliphatic imine (C=N–C) groups is 1. The molecule has 0 radical (unpaired) electrons. The van der Waals surface area contributed by atoms with Crippen molar-refractivity contribution in [1.29, 1.82) is 0 Å². The first-order valence-corrected chi connectivity index (χ1v) is 10.9. The Kier molecular flexibility index (Phi) is 7.24. The summed E-state index contributed by atoms with van der Waals surface area (Å²) in [6.45, 7) is 4.44. The highest BCUT2D eigenvalue weighted by molar-refractivity contribution is 6.08. The molecule has 1 unspecified atom stereocenters. The molecule has 2 saturated heterocycles. The maximum atomic E-state index is 12.5. The highest BCUT2D eigenvalue weighted by atomic mass is 16.6. The molecule has 0 aliphatic carbocycles. The molecule has 0 bridgehead atoms. The normalized spacial score (nSPS) is 19.8. The molecule has 2 aliphatic heterocycles. The molecule has 11 heteroatoms. The average molecular weight is 469 g/mol. The second-order valence-corrected chi connectivity index (χ2v) is 8.13. The number of carbonyl (C=O) groups excluding carboxylic acids is 3. The maximum Gasteiger partial charge on any atom is 0.414 e. The Morgan fingerprint density at radius 2 is 1.79 bits per heavy atom. The van der Waals surface area contributed by atoms with Crippen LogP contribution in [0.25, 0.3) is 0 Å². The predicted octanol–water partition coefficient (Wildman–Crippen LogP) is 0.941. The molecule has 1 atom stereocenters. The number of piperazine rings is 1. The molecule has 2 aliphatic rings. The largest absolute Gasteiger partial charge is 0.472 e. The van der Waals surface area contributed by atoms with Gasteiger partial charge in [-0.1, -0.05) is 0 Å². The van der Waals surface area contributed by atoms with Crippen LogP contribution >= 0.6 is 0 Å². The monoisotopic (exact) mass is 469 g/mol. The van der Waals surface area contributed by atoms with Crippen LogP contribution in [-0.2, 0) is 14.3 Å². The number of benzene rings is 1. The van der Waals surface area contributed by atoms with Crippen LogP contribution in [0.5, 0.6) is 0 Å². The van der Waals surface area contributed by atoms with E-state index in [2.05, 4.69) is 14.8 Å². The summed E-state index contributed by atoms with van der Waals surface area (Å²) in [5.41, 5.74) is 7.52. The molecular formula is C23H27N5O6. The molecule has 180 valence electrons. The van der Waals surface area contributed by atoms with E-state index in [0.29, 0.717) is 36.4 Å². The van der Waals surface area contributed by atoms with Gasteiger partial charge in [0.2, 0.25) is 0 Å². The van der Waals surface area contributed by atoms with Crippen molar-refractivity contribution in [2.75, 3.05) is 57.8 Å². The van der Waals surface area contributed by atoms with Gasteiger partial charge >= 0.3 is 12.1 Å². The van der Waals surface area contributed by atoms with Gasteiger partial charge in [-0.2, -0.15) is 4.99 Å². The first-order chi connectivity index (χ1) is 16.4. The molecule has 0 saturated carbocycles. The van der Waals surface area contributed by atoms with E-state index in [1.165, 1.54) is 25.7 Å². The minimum absolute atomic E-state index is 0.0750. The summed E-state index contributed by atoms with van der Waals surface area (Å²) in [7, 11) is 1.39. The molecule has 2 fully saturated rings. The number of ether oxygens (including phenoxy) is 2. The number of hydrogen-bond donors (Lipinski definition) is 1. The van der Waals surface area contributed by atoms with Crippen LogP contribution in [0.4, 0.5) is 10.5 Å². The first-order valence-electron chi connectivity index (χ1n) is 10.9. The summed E-state index contributed by atoms with van der Waals surface area (Å²) >= 11 is 0. The third-order valence-electron chi connectivity index (χ3n) is 5.85. The van der Waals surface area contributed by atoms with Gasteiger partial charge < -0.3 is 19.6 Å². The lowest BCUT2D eigenvalue weighted by atomic mass is 10.1. The van der Waals surface area contributed by atoms with E-state index in [-0.39, 0.29) is 17.9 Å². The fourth-order valence-corrected chi connectivity index (χ4v) is 3.93. The lowest BCUT2D eigenvalue weighted by Gasteiger charge is -2.34. The second-order valence-electron chi connectivity index (χ2n) is 8.13. The van der Waals surface area contributed by atoms with E-state index in [9.17, 15) is 14.4 Å². The van der Waals surface area contributed by atoms with E-state index in [0.717, 1.165) is 26.2 Å². The van der Waals surface area contributed by atoms with Crippen LogP contribution in [0.15, 0.2) is 52.3 Å². The van der Waals surface area contributed by atoms with Crippen molar-refractivity contribution in [2.24, 2.45) is 10.7 Å². The van der Waals surface area contributed by atoms with Crippen LogP contribution in [-0.4, -0.2) is 92.6 Å². The number of nitrogens with two attached hydrogens (primary N) is 1. The molecule has 34 heavy (non-hydrogen) atoms. The van der Waals surface area contributed by atoms with Gasteiger partial charge in [0, 0.05) is 44.0 Å². The number of cyclic esters (lactones) is 1. The molecule has 1 aromatic heterocycles. The third-order valence-corrected chi connectivity index (χ3v) is 5.85. The molecular weight excluding hydrogens is 442 g/mol. The minimum Gasteiger partial charge on any atom is -0.472 e. The Morgan fingerprint density at radius 1 is 1.09 bits per heavy atom. The summed E-state index contributed by atoms with van der Waals surface area (Å²) in [6, 6.07) is 8.42. The lowest BCUT2D eigenvalue weighted by molar-refractivity contribution is -0.142. The van der Waals surface area contributed by atoms with Gasteiger partial charge in [0.1, 0.15) is 18.2 Å². The molecule has 1 aromatic carbocycles. The van der Waals surface area contributed by atoms with Crippen LogP contribution in [0.2, 0.25) is 0 Å². The van der Waals surface area contributed by atoms with Gasteiger partial charge in [0.25, 0.3) is 5.91 Å². The number of hydrogen-bond acceptors (Lipinski definition) is 8. The topological polar surface area (TPSA) is 131 Å². The van der Waals surface area contributed by atoms with Crippen molar-refractivity contribution in [3.8, 4) is 0 Å². The molecule has 2 amide bonds. The number of amidine groups is 1. The highest BCUT2D eigenvalue weighted by Crippen LogP contribution is 2.23. The summed E-state index contributed by atoms with van der Waals surface area (Å²) in [5.74, 6) is -0.657. The fourth-order valence-electron chi connectivity index (χ4n) is 3.93. The second kappa shape index (κ2) is 10.5. The zero-order valence-electron chi connectivity index (χ0n) is 18.9. The Balaban J connectivity index is 1.30. The molecule has 3 heterocycles. The average Bonchev–Trinajstić information content (AvgIpc) is 3.50. The number of methoxy groups -OCH3 is 1. The summed E-state index contributed by atoms with van der Waals surface area (Å²) in [5, 5.41) is 0. The number of furan rings is 1. The summed E-state index contributed by atoms with van der Waals surface area (Å²) in [6.07, 6.45) is 2.04. The molecule has 4 rings (SSSR count). The summed E-state index contributed by atoms with van der Waals surface area (Å²) < 4.78 is 15.2. The fraction of sp³-hybridized carbons (Fsp3) is 0.391. The van der Waals surface area contributed by atoms with Crippen molar-refractivity contribution in [3.05, 3.63) is 54.0 Å². The van der Waals surface area contributed by atoms with Gasteiger partial charge in [0.05, 0.1) is 32.0 Å². The van der Waals surface area contributed by atoms with Crippen LogP contribution in [0, 0.1) is 0 Å². The van der Waals surface area contributed by atoms with Crippen LogP contribution in [0.3, 0.4) is 0 Å². The number of esters is 1. The standard InChI is InChI=1S/C23H27N5O6/c1-32-20(29)14-27-9-7-26(8-10-27)12-19-13-28(23(31)34-19)18-4-2-16(3-5-18)21(24)25-22(30)17-6-11-33-15-17/h2-6,11,15,19H,7-10,12-14H2,1H3,(H2,24,25,30). The zero-order chi connectivity index (χ0) is 24.1. The van der Waals surface area contributed by atoms with Gasteiger partial charge in [0.15, 0.2) is 0 Å². The minimum atomic E-state index is -0.493. The number of amides is 2. The van der Waals surface area contributed by atoms with Gasteiger partial charge in [-0.25, -0.2) is 4.79 Å². The van der Waals surface area contributed by atoms with Crippen molar-refractivity contribution in [1.82, 2.24) is 9.80 Å². The van der Waals surface area contributed by atoms with Crippen LogP contribution in [0.1, 0.15) is 15.9 Å². The number of nitrogens with zero attached hydrogens (tertiary/aromatic N) is 4. The third kappa shape index (κ3) is 5.61. The molecule has 2 aromatic rings. The van der Waals surface area contributed by atoms with E-state index in [4.69, 9.17) is 19.6 Å². The van der Waals surface area contributed by atoms with E-state index in [1.54, 1.807) is 29.2 Å². The van der Waals surface area contributed by atoms with Crippen molar-refractivity contribution in [3.63, 3.8) is 0 Å². The predicted molar refractivity (Wildman–Crippen MR) is 123 cm³/mol. The van der Waals surface area contributed by atoms with Crippen LogP contribution < -0.4 is 10.6 Å². The van der Waals surface area contributed by atoms with Gasteiger partial charge in [-0.3, -0.25) is 24.3 Å². The smallest absolute Gasteiger partial charge is 0.414 e. The first kappa shape index (κ1) is 23.5. The Labute approximate surface area is 196 Å². The van der Waals surface area contributed by atoms with Crippen molar-refractivity contribution in [2.45, 2.75) is 6.10 Å². The van der Waals surface area contributed by atoms with Gasteiger partial charge in [-0.05, 0) is 30.3 Å². The number of anilines is 1.